The number of hydrogen-bond donors (Lipinski definition) is 2. The molecule has 2 N–H and O–H groups in total. The summed E-state index contributed by atoms with van der Waals surface area (Å²) in [6, 6.07) is 25.7. The zero-order valence-corrected chi connectivity index (χ0v) is 16.8. The van der Waals surface area contributed by atoms with E-state index in [1.54, 1.807) is 54.6 Å². The highest BCUT2D eigenvalue weighted by molar-refractivity contribution is 7.92. The van der Waals surface area contributed by atoms with Gasteiger partial charge in [-0.2, -0.15) is 0 Å². The topological polar surface area (TPSA) is 75.6 Å². The number of sulfonamides is 1. The minimum Gasteiger partial charge on any atom is -0.493 e. The number of nitrogens with one attached hydrogen (secondary N) is 1. The van der Waals surface area contributed by atoms with Crippen LogP contribution < -0.4 is 9.46 Å². The minimum atomic E-state index is -3.63. The molecule has 0 saturated carbocycles. The first-order valence-electron chi connectivity index (χ1n) is 9.47. The van der Waals surface area contributed by atoms with Crippen molar-refractivity contribution in [2.45, 2.75) is 30.3 Å². The number of ether oxygens (including phenoxy) is 1. The van der Waals surface area contributed by atoms with E-state index in [-0.39, 0.29) is 4.90 Å². The Morgan fingerprint density at radius 1 is 1.00 bits per heavy atom. The number of aliphatic hydroxyl groups is 1. The molecule has 0 saturated heterocycles. The van der Waals surface area contributed by atoms with E-state index in [9.17, 15) is 13.5 Å². The number of hydrogen-bond acceptors (Lipinski definition) is 4. The first-order valence-corrected chi connectivity index (χ1v) is 11.0. The average Bonchev–Trinajstić information content (AvgIpc) is 2.73. The molecule has 0 aromatic heterocycles. The van der Waals surface area contributed by atoms with Gasteiger partial charge in [0.05, 0.1) is 17.6 Å². The van der Waals surface area contributed by atoms with Gasteiger partial charge in [-0.25, -0.2) is 8.42 Å². The van der Waals surface area contributed by atoms with Crippen molar-refractivity contribution in [1.29, 1.82) is 0 Å². The molecule has 0 spiro atoms. The molecule has 6 heteroatoms. The number of rotatable bonds is 10. The lowest BCUT2D eigenvalue weighted by Crippen LogP contribution is -2.14. The SMILES string of the molecule is O=S(=O)(Nc1cccc(CC(O)CCCOc2[c]cccc2)c1)c1ccccc1. The lowest BCUT2D eigenvalue weighted by Gasteiger charge is -2.13. The summed E-state index contributed by atoms with van der Waals surface area (Å²) in [5, 5.41) is 10.3. The molecule has 1 radical (unpaired) electrons. The second-order valence-corrected chi connectivity index (χ2v) is 8.38. The van der Waals surface area contributed by atoms with Gasteiger partial charge in [0, 0.05) is 11.8 Å². The van der Waals surface area contributed by atoms with Crippen molar-refractivity contribution in [3.8, 4) is 5.75 Å². The zero-order chi connectivity index (χ0) is 20.5. The molecule has 0 fully saturated rings. The van der Waals surface area contributed by atoms with Crippen molar-refractivity contribution < 1.29 is 18.3 Å². The number of anilines is 1. The third-order valence-electron chi connectivity index (χ3n) is 4.32. The van der Waals surface area contributed by atoms with Gasteiger partial charge in [0.1, 0.15) is 5.75 Å². The Hall–Kier alpha value is -2.83. The van der Waals surface area contributed by atoms with Crippen LogP contribution in [0.25, 0.3) is 0 Å². The van der Waals surface area contributed by atoms with Crippen molar-refractivity contribution in [2.24, 2.45) is 0 Å². The summed E-state index contributed by atoms with van der Waals surface area (Å²) in [6.07, 6.45) is 1.22. The highest BCUT2D eigenvalue weighted by Crippen LogP contribution is 2.18. The summed E-state index contributed by atoms with van der Waals surface area (Å²) < 4.78 is 33.1. The molecule has 0 heterocycles. The van der Waals surface area contributed by atoms with Crippen LogP contribution in [-0.2, 0) is 16.4 Å². The summed E-state index contributed by atoms with van der Waals surface area (Å²) in [5.74, 6) is 0.695. The number of aliphatic hydroxyl groups excluding tert-OH is 1. The van der Waals surface area contributed by atoms with Gasteiger partial charge in [-0.3, -0.25) is 4.72 Å². The second-order valence-electron chi connectivity index (χ2n) is 6.69. The molecule has 3 aromatic rings. The van der Waals surface area contributed by atoms with Gasteiger partial charge in [0.15, 0.2) is 0 Å². The van der Waals surface area contributed by atoms with Gasteiger partial charge in [0.25, 0.3) is 10.0 Å². The highest BCUT2D eigenvalue weighted by Gasteiger charge is 2.14. The average molecular weight is 411 g/mol. The van der Waals surface area contributed by atoms with Crippen LogP contribution in [0.4, 0.5) is 5.69 Å². The Bertz CT molecular complexity index is 992. The fourth-order valence-electron chi connectivity index (χ4n) is 2.92. The van der Waals surface area contributed by atoms with Gasteiger partial charge in [-0.1, -0.05) is 48.5 Å². The van der Waals surface area contributed by atoms with Crippen LogP contribution in [0.1, 0.15) is 18.4 Å². The normalized spacial score (nSPS) is 12.3. The van der Waals surface area contributed by atoms with Crippen LogP contribution in [0.15, 0.2) is 83.8 Å². The van der Waals surface area contributed by atoms with E-state index in [1.165, 1.54) is 0 Å². The van der Waals surface area contributed by atoms with Crippen molar-refractivity contribution in [3.05, 3.63) is 90.5 Å². The maximum absolute atomic E-state index is 12.4. The van der Waals surface area contributed by atoms with Crippen molar-refractivity contribution in [2.75, 3.05) is 11.3 Å². The molecule has 1 unspecified atom stereocenters. The van der Waals surface area contributed by atoms with E-state index in [0.29, 0.717) is 37.3 Å². The first-order chi connectivity index (χ1) is 14.0. The molecule has 5 nitrogen and oxygen atoms in total. The van der Waals surface area contributed by atoms with Crippen LogP contribution in [0, 0.1) is 6.07 Å². The van der Waals surface area contributed by atoms with Crippen LogP contribution in [0.5, 0.6) is 5.75 Å². The highest BCUT2D eigenvalue weighted by atomic mass is 32.2. The molecule has 29 heavy (non-hydrogen) atoms. The largest absolute Gasteiger partial charge is 0.493 e. The Morgan fingerprint density at radius 2 is 1.79 bits per heavy atom. The van der Waals surface area contributed by atoms with E-state index >= 15 is 0 Å². The predicted octanol–water partition coefficient (Wildman–Crippen LogP) is 4.05. The molecule has 0 aliphatic carbocycles. The molecule has 1 atom stereocenters. The lowest BCUT2D eigenvalue weighted by atomic mass is 10.0. The second kappa shape index (κ2) is 10.1. The molecule has 0 aliphatic rings. The summed E-state index contributed by atoms with van der Waals surface area (Å²) in [5.41, 5.74) is 1.34. The van der Waals surface area contributed by atoms with Gasteiger partial charge >= 0.3 is 0 Å². The van der Waals surface area contributed by atoms with Crippen LogP contribution in [0.3, 0.4) is 0 Å². The van der Waals surface area contributed by atoms with E-state index in [0.717, 1.165) is 5.56 Å². The summed E-state index contributed by atoms with van der Waals surface area (Å²) >= 11 is 0. The Balaban J connectivity index is 1.50. The number of benzene rings is 3. The van der Waals surface area contributed by atoms with Crippen LogP contribution >= 0.6 is 0 Å². The van der Waals surface area contributed by atoms with Gasteiger partial charge in [0.2, 0.25) is 0 Å². The third-order valence-corrected chi connectivity index (χ3v) is 5.72. The molecule has 0 aliphatic heterocycles. The summed E-state index contributed by atoms with van der Waals surface area (Å²) in [4.78, 5) is 0.209. The standard InChI is InChI=1S/C23H24NO4S/c25-21(11-8-16-28-22-12-3-1-4-13-22)18-19-9-7-10-20(17-19)24-29(26,27)23-14-5-2-6-15-23/h1-7,9-10,12,14-15,17,21,24-25H,8,11,16,18H2. The Kier molecular flexibility index (Phi) is 7.27. The monoisotopic (exact) mass is 410 g/mol. The maximum Gasteiger partial charge on any atom is 0.261 e. The molecule has 0 bridgehead atoms. The fraction of sp³-hybridized carbons (Fsp3) is 0.217. The van der Waals surface area contributed by atoms with Crippen LogP contribution in [-0.4, -0.2) is 26.2 Å². The van der Waals surface area contributed by atoms with Gasteiger partial charge < -0.3 is 9.84 Å². The molecular formula is C23H24NO4S. The van der Waals surface area contributed by atoms with Crippen molar-refractivity contribution in [3.63, 3.8) is 0 Å². The number of para-hydroxylation sites is 1. The van der Waals surface area contributed by atoms with Crippen molar-refractivity contribution >= 4 is 15.7 Å². The Labute approximate surface area is 172 Å². The fourth-order valence-corrected chi connectivity index (χ4v) is 3.99. The molecule has 0 amide bonds. The van der Waals surface area contributed by atoms with E-state index < -0.39 is 16.1 Å². The third kappa shape index (κ3) is 6.62. The quantitative estimate of drug-likeness (QED) is 0.495. The molecule has 151 valence electrons. The smallest absolute Gasteiger partial charge is 0.261 e. The predicted molar refractivity (Wildman–Crippen MR) is 113 cm³/mol. The van der Waals surface area contributed by atoms with E-state index in [2.05, 4.69) is 10.8 Å². The summed E-state index contributed by atoms with van der Waals surface area (Å²) in [6.45, 7) is 0.508. The molecular weight excluding hydrogens is 386 g/mol. The minimum absolute atomic E-state index is 0.209. The molecule has 3 aromatic carbocycles. The van der Waals surface area contributed by atoms with Gasteiger partial charge in [-0.05, 0) is 55.2 Å². The first kappa shape index (κ1) is 20.9. The zero-order valence-electron chi connectivity index (χ0n) is 16.0. The molecule has 3 rings (SSSR count). The van der Waals surface area contributed by atoms with E-state index in [4.69, 9.17) is 4.74 Å². The summed E-state index contributed by atoms with van der Waals surface area (Å²) in [7, 11) is -3.63. The van der Waals surface area contributed by atoms with Gasteiger partial charge in [-0.15, -0.1) is 0 Å². The Morgan fingerprint density at radius 3 is 2.55 bits per heavy atom. The lowest BCUT2D eigenvalue weighted by molar-refractivity contribution is 0.153. The maximum atomic E-state index is 12.4. The van der Waals surface area contributed by atoms with Crippen LogP contribution in [0.2, 0.25) is 0 Å². The van der Waals surface area contributed by atoms with E-state index in [1.807, 2.05) is 24.3 Å². The van der Waals surface area contributed by atoms with Crippen molar-refractivity contribution in [1.82, 2.24) is 0 Å².